The molecule has 0 aliphatic rings. The maximum absolute atomic E-state index is 11.8. The zero-order valence-electron chi connectivity index (χ0n) is 12.1. The fraction of sp³-hybridized carbons (Fsp3) is 0.917. The number of hydrogen-bond donors (Lipinski definition) is 2. The van der Waals surface area contributed by atoms with Crippen molar-refractivity contribution in [2.45, 2.75) is 40.2 Å². The van der Waals surface area contributed by atoms with Gasteiger partial charge >= 0.3 is 16.1 Å². The van der Waals surface area contributed by atoms with Gasteiger partial charge in [0.1, 0.15) is 6.04 Å². The third-order valence-electron chi connectivity index (χ3n) is 2.78. The van der Waals surface area contributed by atoms with Crippen LogP contribution in [0.3, 0.4) is 0 Å². The molecule has 0 aromatic heterocycles. The maximum atomic E-state index is 11.8. The van der Waals surface area contributed by atoms with Crippen LogP contribution in [0, 0.1) is 17.8 Å². The molecule has 1 unspecified atom stereocenters. The van der Waals surface area contributed by atoms with Crippen LogP contribution in [-0.2, 0) is 19.1 Å². The van der Waals surface area contributed by atoms with E-state index in [1.54, 1.807) is 13.8 Å². The van der Waals surface area contributed by atoms with Crippen LogP contribution in [-0.4, -0.2) is 32.7 Å². The van der Waals surface area contributed by atoms with E-state index in [2.05, 4.69) is 4.18 Å². The van der Waals surface area contributed by atoms with Crippen molar-refractivity contribution in [3.63, 3.8) is 0 Å². The van der Waals surface area contributed by atoms with Crippen molar-refractivity contribution in [2.75, 3.05) is 12.3 Å². The minimum Gasteiger partial charge on any atom is -0.344 e. The first kappa shape index (κ1) is 18.3. The average molecular weight is 294 g/mol. The zero-order chi connectivity index (χ0) is 15.2. The van der Waals surface area contributed by atoms with E-state index in [-0.39, 0.29) is 24.1 Å². The third-order valence-corrected chi connectivity index (χ3v) is 4.08. The van der Waals surface area contributed by atoms with Crippen LogP contribution in [0.25, 0.3) is 0 Å². The van der Waals surface area contributed by atoms with Gasteiger partial charge in [-0.15, -0.1) is 0 Å². The number of carbonyl (C=O) groups is 1. The summed E-state index contributed by atoms with van der Waals surface area (Å²) in [5.41, 5.74) is 11.1. The molecular weight excluding hydrogens is 268 g/mol. The normalized spacial score (nSPS) is 15.6. The number of hydrogen-bond acceptors (Lipinski definition) is 6. The standard InChI is InChI=1S/C12H26N2O4S/c1-8(2)5-10(6-13)7-19(16,17)18-12(15)11(14)9(3)4/h8-11H,5-7,13-14H2,1-4H3/t10?,11-/m0/s1. The van der Waals surface area contributed by atoms with Crippen molar-refractivity contribution in [1.82, 2.24) is 0 Å². The van der Waals surface area contributed by atoms with Crippen LogP contribution in [0.4, 0.5) is 0 Å². The monoisotopic (exact) mass is 294 g/mol. The van der Waals surface area contributed by atoms with E-state index < -0.39 is 22.1 Å². The molecule has 0 bridgehead atoms. The smallest absolute Gasteiger partial charge is 0.339 e. The summed E-state index contributed by atoms with van der Waals surface area (Å²) < 4.78 is 28.1. The lowest BCUT2D eigenvalue weighted by molar-refractivity contribution is -0.136. The molecule has 0 aromatic rings. The number of nitrogens with two attached hydrogens (primary N) is 2. The first-order chi connectivity index (χ1) is 8.59. The van der Waals surface area contributed by atoms with Crippen LogP contribution in [0.15, 0.2) is 0 Å². The van der Waals surface area contributed by atoms with E-state index in [1.165, 1.54) is 0 Å². The molecule has 2 atom stereocenters. The topological polar surface area (TPSA) is 112 Å². The lowest BCUT2D eigenvalue weighted by Crippen LogP contribution is -2.39. The highest BCUT2D eigenvalue weighted by Gasteiger charge is 2.27. The first-order valence-electron chi connectivity index (χ1n) is 6.50. The summed E-state index contributed by atoms with van der Waals surface area (Å²) in [7, 11) is -3.93. The summed E-state index contributed by atoms with van der Waals surface area (Å²) in [5.74, 6) is -1.22. The molecule has 19 heavy (non-hydrogen) atoms. The van der Waals surface area contributed by atoms with E-state index in [9.17, 15) is 13.2 Å². The Morgan fingerprint density at radius 2 is 1.74 bits per heavy atom. The molecule has 0 rings (SSSR count). The molecule has 7 heteroatoms. The second-order valence-corrected chi connectivity index (χ2v) is 7.24. The summed E-state index contributed by atoms with van der Waals surface area (Å²) in [6, 6.07) is -0.934. The van der Waals surface area contributed by atoms with Gasteiger partial charge in [-0.2, -0.15) is 8.42 Å². The Balaban J connectivity index is 4.58. The molecule has 0 amide bonds. The molecule has 0 aliphatic carbocycles. The first-order valence-corrected chi connectivity index (χ1v) is 8.08. The molecule has 0 radical (unpaired) electrons. The molecule has 0 spiro atoms. The van der Waals surface area contributed by atoms with Crippen LogP contribution in [0.1, 0.15) is 34.1 Å². The number of rotatable bonds is 8. The summed E-state index contributed by atoms with van der Waals surface area (Å²) in [5, 5.41) is 0. The third kappa shape index (κ3) is 7.49. The van der Waals surface area contributed by atoms with Gasteiger partial charge in [-0.05, 0) is 30.7 Å². The van der Waals surface area contributed by atoms with Crippen molar-refractivity contribution in [2.24, 2.45) is 29.2 Å². The predicted molar refractivity (Wildman–Crippen MR) is 74.7 cm³/mol. The Kier molecular flexibility index (Phi) is 7.54. The lowest BCUT2D eigenvalue weighted by Gasteiger charge is -2.18. The fourth-order valence-corrected chi connectivity index (χ4v) is 2.95. The SMILES string of the molecule is CC(C)CC(CN)CS(=O)(=O)OC(=O)[C@@H](N)C(C)C. The Morgan fingerprint density at radius 3 is 2.11 bits per heavy atom. The highest BCUT2D eigenvalue weighted by atomic mass is 32.2. The van der Waals surface area contributed by atoms with Gasteiger partial charge in [0.15, 0.2) is 0 Å². The minimum absolute atomic E-state index is 0.177. The molecule has 0 heterocycles. The van der Waals surface area contributed by atoms with E-state index in [1.807, 2.05) is 13.8 Å². The zero-order valence-corrected chi connectivity index (χ0v) is 12.9. The fourth-order valence-electron chi connectivity index (χ4n) is 1.67. The van der Waals surface area contributed by atoms with Gasteiger partial charge in [-0.1, -0.05) is 27.7 Å². The van der Waals surface area contributed by atoms with Gasteiger partial charge in [-0.3, -0.25) is 0 Å². The molecule has 0 saturated carbocycles. The van der Waals surface area contributed by atoms with Crippen LogP contribution < -0.4 is 11.5 Å². The van der Waals surface area contributed by atoms with Gasteiger partial charge in [0.25, 0.3) is 0 Å². The Bertz CT molecular complexity index is 379. The Hall–Kier alpha value is -0.660. The van der Waals surface area contributed by atoms with Crippen molar-refractivity contribution in [1.29, 1.82) is 0 Å². The molecule has 6 nitrogen and oxygen atoms in total. The average Bonchev–Trinajstić information content (AvgIpc) is 2.24. The summed E-state index contributed by atoms with van der Waals surface area (Å²) in [4.78, 5) is 11.5. The van der Waals surface area contributed by atoms with Gasteiger partial charge in [0.2, 0.25) is 0 Å². The summed E-state index contributed by atoms with van der Waals surface area (Å²) in [6.07, 6.45) is 0.670. The van der Waals surface area contributed by atoms with Crippen molar-refractivity contribution in [3.8, 4) is 0 Å². The quantitative estimate of drug-likeness (QED) is 0.629. The predicted octanol–water partition coefficient (Wildman–Crippen LogP) is 0.464. The second-order valence-electron chi connectivity index (χ2n) is 5.63. The largest absolute Gasteiger partial charge is 0.344 e. The Morgan fingerprint density at radius 1 is 1.21 bits per heavy atom. The van der Waals surface area contributed by atoms with Crippen molar-refractivity contribution < 1.29 is 17.4 Å². The van der Waals surface area contributed by atoms with E-state index in [4.69, 9.17) is 11.5 Å². The van der Waals surface area contributed by atoms with Crippen molar-refractivity contribution >= 4 is 16.1 Å². The van der Waals surface area contributed by atoms with E-state index in [0.29, 0.717) is 12.3 Å². The van der Waals surface area contributed by atoms with Gasteiger partial charge in [0, 0.05) is 0 Å². The summed E-state index contributed by atoms with van der Waals surface area (Å²) >= 11 is 0. The van der Waals surface area contributed by atoms with Crippen molar-refractivity contribution in [3.05, 3.63) is 0 Å². The molecule has 114 valence electrons. The Labute approximate surface area is 116 Å². The molecule has 0 fully saturated rings. The van der Waals surface area contributed by atoms with Crippen LogP contribution in [0.2, 0.25) is 0 Å². The van der Waals surface area contributed by atoms with E-state index in [0.717, 1.165) is 0 Å². The molecule has 0 aliphatic heterocycles. The minimum atomic E-state index is -3.93. The second kappa shape index (κ2) is 7.81. The van der Waals surface area contributed by atoms with Gasteiger partial charge in [-0.25, -0.2) is 4.79 Å². The van der Waals surface area contributed by atoms with Crippen LogP contribution in [0.5, 0.6) is 0 Å². The molecule has 0 aromatic carbocycles. The van der Waals surface area contributed by atoms with E-state index >= 15 is 0 Å². The molecule has 0 saturated heterocycles. The highest BCUT2D eigenvalue weighted by molar-refractivity contribution is 7.87. The van der Waals surface area contributed by atoms with Gasteiger partial charge in [0.05, 0.1) is 5.75 Å². The summed E-state index contributed by atoms with van der Waals surface area (Å²) in [6.45, 7) is 7.65. The lowest BCUT2D eigenvalue weighted by atomic mass is 9.99. The molecule has 4 N–H and O–H groups in total. The molecular formula is C12H26N2O4S. The number of carbonyl (C=O) groups excluding carboxylic acids is 1. The highest BCUT2D eigenvalue weighted by Crippen LogP contribution is 2.14. The van der Waals surface area contributed by atoms with Gasteiger partial charge < -0.3 is 15.7 Å². The van der Waals surface area contributed by atoms with Crippen LogP contribution >= 0.6 is 0 Å². The maximum Gasteiger partial charge on any atom is 0.339 e.